The second kappa shape index (κ2) is 4.32. The van der Waals surface area contributed by atoms with Gasteiger partial charge >= 0.3 is 7.12 Å². The van der Waals surface area contributed by atoms with Crippen LogP contribution in [-0.4, -0.2) is 23.7 Å². The molecule has 1 heterocycles. The molecule has 0 spiro atoms. The molecule has 3 nitrogen and oxygen atoms in total. The molecular weight excluding hydrogens is 209 g/mol. The summed E-state index contributed by atoms with van der Waals surface area (Å²) < 4.78 is 1.07. The average Bonchev–Trinajstić information content (AvgIpc) is 2.59. The first kappa shape index (κ1) is 10.6. The first-order chi connectivity index (χ1) is 7.20. The van der Waals surface area contributed by atoms with Crippen LogP contribution in [0, 0.1) is 0 Å². The van der Waals surface area contributed by atoms with Gasteiger partial charge in [-0.3, -0.25) is 0 Å². The van der Waals surface area contributed by atoms with Crippen LogP contribution in [0.5, 0.6) is 0 Å². The maximum absolute atomic E-state index is 9.03. The van der Waals surface area contributed by atoms with Gasteiger partial charge in [-0.2, -0.15) is 0 Å². The molecule has 0 amide bonds. The van der Waals surface area contributed by atoms with Crippen molar-refractivity contribution in [3.8, 4) is 0 Å². The lowest BCUT2D eigenvalue weighted by atomic mass is 9.80. The van der Waals surface area contributed by atoms with E-state index in [1.165, 1.54) is 4.88 Å². The average molecular weight is 221 g/mol. The quantitative estimate of drug-likeness (QED) is 0.643. The van der Waals surface area contributed by atoms with Crippen molar-refractivity contribution in [2.24, 2.45) is 5.73 Å². The lowest BCUT2D eigenvalue weighted by Gasteiger charge is -1.97. The van der Waals surface area contributed by atoms with Crippen LogP contribution in [0.3, 0.4) is 0 Å². The van der Waals surface area contributed by atoms with Crippen molar-refractivity contribution >= 4 is 34.0 Å². The van der Waals surface area contributed by atoms with E-state index in [1.807, 2.05) is 12.1 Å². The van der Waals surface area contributed by atoms with Crippen LogP contribution in [0.1, 0.15) is 4.88 Å². The number of hydrogen-bond donors (Lipinski definition) is 3. The number of nitrogens with two attached hydrogens (primary N) is 1. The normalized spacial score (nSPS) is 10.9. The Bertz CT molecular complexity index is 469. The lowest BCUT2D eigenvalue weighted by Crippen LogP contribution is -2.29. The third-order valence-corrected chi connectivity index (χ3v) is 3.44. The van der Waals surface area contributed by atoms with Crippen LogP contribution in [-0.2, 0) is 6.42 Å². The highest BCUT2D eigenvalue weighted by molar-refractivity contribution is 7.19. The summed E-state index contributed by atoms with van der Waals surface area (Å²) in [5.74, 6) is 0. The van der Waals surface area contributed by atoms with Crippen LogP contribution >= 0.6 is 11.3 Å². The van der Waals surface area contributed by atoms with Gasteiger partial charge in [-0.05, 0) is 35.9 Å². The van der Waals surface area contributed by atoms with Gasteiger partial charge < -0.3 is 15.8 Å². The van der Waals surface area contributed by atoms with Crippen molar-refractivity contribution in [3.63, 3.8) is 0 Å². The third kappa shape index (κ3) is 2.21. The molecule has 0 saturated carbocycles. The summed E-state index contributed by atoms with van der Waals surface area (Å²) in [6.07, 6.45) is 0.871. The van der Waals surface area contributed by atoms with Gasteiger partial charge in [0.15, 0.2) is 0 Å². The molecule has 1 aromatic heterocycles. The standard InChI is InChI=1S/C10H12BNO2S/c12-4-3-9-5-7-1-2-8(11(13)14)6-10(7)15-9/h1-2,5-6,13-14H,3-4,12H2. The van der Waals surface area contributed by atoms with E-state index in [9.17, 15) is 0 Å². The first-order valence-corrected chi connectivity index (χ1v) is 5.61. The third-order valence-electron chi connectivity index (χ3n) is 2.28. The van der Waals surface area contributed by atoms with Crippen LogP contribution in [0.2, 0.25) is 0 Å². The van der Waals surface area contributed by atoms with Crippen molar-refractivity contribution in [1.82, 2.24) is 0 Å². The molecule has 0 bridgehead atoms. The van der Waals surface area contributed by atoms with Crippen molar-refractivity contribution in [2.75, 3.05) is 6.54 Å². The lowest BCUT2D eigenvalue weighted by molar-refractivity contribution is 0.426. The summed E-state index contributed by atoms with van der Waals surface area (Å²) in [6, 6.07) is 7.54. The van der Waals surface area contributed by atoms with Crippen molar-refractivity contribution in [2.45, 2.75) is 6.42 Å². The number of thiophene rings is 1. The largest absolute Gasteiger partial charge is 0.488 e. The Labute approximate surface area is 92.3 Å². The molecule has 5 heteroatoms. The number of hydrogen-bond acceptors (Lipinski definition) is 4. The van der Waals surface area contributed by atoms with Crippen molar-refractivity contribution < 1.29 is 10.0 Å². The number of rotatable bonds is 3. The van der Waals surface area contributed by atoms with Gasteiger partial charge in [-0.15, -0.1) is 11.3 Å². The fourth-order valence-corrected chi connectivity index (χ4v) is 2.66. The SMILES string of the molecule is NCCc1cc2ccc(B(O)O)cc2s1. The zero-order valence-electron chi connectivity index (χ0n) is 8.18. The molecule has 0 radical (unpaired) electrons. The molecule has 0 unspecified atom stereocenters. The Morgan fingerprint density at radius 1 is 1.27 bits per heavy atom. The summed E-state index contributed by atoms with van der Waals surface area (Å²) in [5.41, 5.74) is 6.02. The monoisotopic (exact) mass is 221 g/mol. The van der Waals surface area contributed by atoms with E-state index in [0.717, 1.165) is 16.5 Å². The molecular formula is C10H12BNO2S. The van der Waals surface area contributed by atoms with Crippen LogP contribution in [0.15, 0.2) is 24.3 Å². The van der Waals surface area contributed by atoms with E-state index in [4.69, 9.17) is 15.8 Å². The second-order valence-electron chi connectivity index (χ2n) is 3.42. The zero-order valence-corrected chi connectivity index (χ0v) is 9.00. The Morgan fingerprint density at radius 3 is 2.73 bits per heavy atom. The summed E-state index contributed by atoms with van der Waals surface area (Å²) >= 11 is 1.65. The number of fused-ring (bicyclic) bond motifs is 1. The van der Waals surface area contributed by atoms with Gasteiger partial charge in [-0.1, -0.05) is 12.1 Å². The minimum atomic E-state index is -1.39. The van der Waals surface area contributed by atoms with Gasteiger partial charge in [0.1, 0.15) is 0 Å². The molecule has 0 aliphatic heterocycles. The predicted molar refractivity (Wildman–Crippen MR) is 64.4 cm³/mol. The van der Waals surface area contributed by atoms with E-state index in [0.29, 0.717) is 12.0 Å². The summed E-state index contributed by atoms with van der Waals surface area (Å²) in [5, 5.41) is 19.2. The highest BCUT2D eigenvalue weighted by atomic mass is 32.1. The molecule has 2 aromatic rings. The highest BCUT2D eigenvalue weighted by Gasteiger charge is 2.11. The van der Waals surface area contributed by atoms with Crippen LogP contribution in [0.4, 0.5) is 0 Å². The van der Waals surface area contributed by atoms with Gasteiger partial charge in [0.05, 0.1) is 0 Å². The van der Waals surface area contributed by atoms with Crippen LogP contribution in [0.25, 0.3) is 10.1 Å². The molecule has 0 aliphatic carbocycles. The van der Waals surface area contributed by atoms with Crippen molar-refractivity contribution in [3.05, 3.63) is 29.1 Å². The molecule has 0 aliphatic rings. The number of benzene rings is 1. The maximum atomic E-state index is 9.03. The first-order valence-electron chi connectivity index (χ1n) is 4.79. The molecule has 1 aromatic carbocycles. The van der Waals surface area contributed by atoms with E-state index in [1.54, 1.807) is 17.4 Å². The Balaban J connectivity index is 2.43. The minimum absolute atomic E-state index is 0.531. The van der Waals surface area contributed by atoms with Crippen molar-refractivity contribution in [1.29, 1.82) is 0 Å². The molecule has 0 atom stereocenters. The summed E-state index contributed by atoms with van der Waals surface area (Å²) in [4.78, 5) is 1.23. The Morgan fingerprint density at radius 2 is 2.07 bits per heavy atom. The van der Waals surface area contributed by atoms with E-state index >= 15 is 0 Å². The maximum Gasteiger partial charge on any atom is 0.488 e. The highest BCUT2D eigenvalue weighted by Crippen LogP contribution is 2.24. The summed E-state index contributed by atoms with van der Waals surface area (Å²) in [6.45, 7) is 0.641. The molecule has 78 valence electrons. The fourth-order valence-electron chi connectivity index (χ4n) is 1.53. The minimum Gasteiger partial charge on any atom is -0.423 e. The van der Waals surface area contributed by atoms with E-state index < -0.39 is 7.12 Å². The Hall–Kier alpha value is -0.875. The van der Waals surface area contributed by atoms with Crippen LogP contribution < -0.4 is 11.2 Å². The van der Waals surface area contributed by atoms with Gasteiger partial charge in [0, 0.05) is 9.58 Å². The molecule has 0 fully saturated rings. The fraction of sp³-hybridized carbons (Fsp3) is 0.200. The van der Waals surface area contributed by atoms with Gasteiger partial charge in [0.2, 0.25) is 0 Å². The second-order valence-corrected chi connectivity index (χ2v) is 4.59. The van der Waals surface area contributed by atoms with E-state index in [-0.39, 0.29) is 0 Å². The molecule has 4 N–H and O–H groups in total. The summed E-state index contributed by atoms with van der Waals surface area (Å²) in [7, 11) is -1.39. The zero-order chi connectivity index (χ0) is 10.8. The van der Waals surface area contributed by atoms with E-state index in [2.05, 4.69) is 6.07 Å². The van der Waals surface area contributed by atoms with Gasteiger partial charge in [0.25, 0.3) is 0 Å². The molecule has 2 rings (SSSR count). The van der Waals surface area contributed by atoms with Gasteiger partial charge in [-0.25, -0.2) is 0 Å². The molecule has 0 saturated heterocycles. The smallest absolute Gasteiger partial charge is 0.423 e. The predicted octanol–water partition coefficient (Wildman–Crippen LogP) is 0.0823. The Kier molecular flexibility index (Phi) is 3.07. The topological polar surface area (TPSA) is 66.5 Å². The molecule has 15 heavy (non-hydrogen) atoms.